The average molecular weight is 737 g/mol. The molecule has 2 unspecified atom stereocenters. The van der Waals surface area contributed by atoms with Gasteiger partial charge in [-0.05, 0) is 56.3 Å². The number of nitrogens with zero attached hydrogens (tertiary/aromatic N) is 6. The van der Waals surface area contributed by atoms with Crippen molar-refractivity contribution in [3.05, 3.63) is 41.0 Å². The Hall–Kier alpha value is -4.56. The van der Waals surface area contributed by atoms with Crippen molar-refractivity contribution in [2.75, 3.05) is 65.5 Å². The normalized spacial score (nSPS) is 18.5. The number of nitrogens with two attached hydrogens (primary N) is 1. The van der Waals surface area contributed by atoms with Crippen LogP contribution in [0, 0.1) is 23.0 Å². The average Bonchev–Trinajstić information content (AvgIpc) is 3.90. The molecule has 3 aliphatic rings. The van der Waals surface area contributed by atoms with Gasteiger partial charge in [0, 0.05) is 63.2 Å². The van der Waals surface area contributed by atoms with E-state index in [1.807, 2.05) is 4.90 Å². The zero-order valence-corrected chi connectivity index (χ0v) is 29.3. The zero-order valence-electron chi connectivity index (χ0n) is 28.5. The smallest absolute Gasteiger partial charge is 0.417 e. The summed E-state index contributed by atoms with van der Waals surface area (Å²) in [5.74, 6) is -2.20. The number of benzene rings is 2. The quantitative estimate of drug-likeness (QED) is 0.211. The largest absolute Gasteiger partial charge is 0.467 e. The number of amides is 2. The van der Waals surface area contributed by atoms with Crippen molar-refractivity contribution >= 4 is 49.2 Å². The second kappa shape index (κ2) is 15.4. The summed E-state index contributed by atoms with van der Waals surface area (Å²) >= 11 is 0.695. The fourth-order valence-corrected chi connectivity index (χ4v) is 7.65. The van der Waals surface area contributed by atoms with Gasteiger partial charge in [0.15, 0.2) is 5.82 Å². The number of carbonyl (C=O) groups excluding carboxylic acids is 1. The van der Waals surface area contributed by atoms with E-state index in [9.17, 15) is 32.0 Å². The van der Waals surface area contributed by atoms with Crippen LogP contribution in [0.25, 0.3) is 32.1 Å². The number of nitrogens with one attached hydrogen (secondary N) is 1. The van der Waals surface area contributed by atoms with E-state index in [0.717, 1.165) is 38.2 Å². The SMILES string of the molecule is CN(C)C(=O)N1CCCC1.CNc1nc(OC)nc2c(F)c(-c3ccc(F)c4sc(N)c(C#N)c34)c(C(F)(F)F)cc12.FC1CC2CCCN2C1. The van der Waals surface area contributed by atoms with Crippen molar-refractivity contribution in [2.24, 2.45) is 0 Å². The molecule has 0 spiro atoms. The molecule has 274 valence electrons. The van der Waals surface area contributed by atoms with Gasteiger partial charge in [0.1, 0.15) is 34.4 Å². The van der Waals surface area contributed by atoms with Crippen LogP contribution >= 0.6 is 11.3 Å². The van der Waals surface area contributed by atoms with Gasteiger partial charge in [0.25, 0.3) is 0 Å². The van der Waals surface area contributed by atoms with Crippen LogP contribution in [0.5, 0.6) is 6.01 Å². The second-order valence-electron chi connectivity index (χ2n) is 12.6. The summed E-state index contributed by atoms with van der Waals surface area (Å²) in [4.78, 5) is 24.8. The van der Waals surface area contributed by atoms with E-state index in [0.29, 0.717) is 30.0 Å². The fourth-order valence-electron chi connectivity index (χ4n) is 6.70. The fraction of sp³-hybridized carbons (Fsp3) is 0.471. The topological polar surface area (TPSA) is 124 Å². The first-order chi connectivity index (χ1) is 24.2. The third-order valence-electron chi connectivity index (χ3n) is 9.05. The van der Waals surface area contributed by atoms with Crippen LogP contribution in [0.2, 0.25) is 0 Å². The molecule has 0 aliphatic carbocycles. The number of methoxy groups -OCH3 is 1. The number of hydrogen-bond acceptors (Lipinski definition) is 9. The number of aromatic nitrogens is 2. The molecule has 2 aromatic heterocycles. The number of thiophene rings is 1. The number of ether oxygens (including phenoxy) is 1. The molecule has 51 heavy (non-hydrogen) atoms. The molecule has 3 N–H and O–H groups in total. The molecule has 0 saturated carbocycles. The van der Waals surface area contributed by atoms with Crippen molar-refractivity contribution in [2.45, 2.75) is 50.5 Å². The van der Waals surface area contributed by atoms with Gasteiger partial charge in [0.05, 0.1) is 22.9 Å². The summed E-state index contributed by atoms with van der Waals surface area (Å²) < 4.78 is 89.8. The predicted molar refractivity (Wildman–Crippen MR) is 184 cm³/mol. The lowest BCUT2D eigenvalue weighted by atomic mass is 9.92. The lowest BCUT2D eigenvalue weighted by Crippen LogP contribution is -2.36. The minimum absolute atomic E-state index is 0.0791. The van der Waals surface area contributed by atoms with Crippen LogP contribution < -0.4 is 15.8 Å². The molecule has 10 nitrogen and oxygen atoms in total. The first-order valence-electron chi connectivity index (χ1n) is 16.3. The van der Waals surface area contributed by atoms with Gasteiger partial charge >= 0.3 is 18.2 Å². The number of carbonyl (C=O) groups is 1. The summed E-state index contributed by atoms with van der Waals surface area (Å²) in [7, 11) is 6.21. The summed E-state index contributed by atoms with van der Waals surface area (Å²) in [5.41, 5.74) is 2.55. The van der Waals surface area contributed by atoms with Crippen LogP contribution in [-0.2, 0) is 6.18 Å². The van der Waals surface area contributed by atoms with Crippen molar-refractivity contribution < 1.29 is 35.9 Å². The molecule has 3 saturated heterocycles. The number of urea groups is 1. The molecule has 7 rings (SSSR count). The maximum atomic E-state index is 15.8. The molecule has 2 atom stereocenters. The van der Waals surface area contributed by atoms with E-state index in [1.165, 1.54) is 39.8 Å². The van der Waals surface area contributed by atoms with E-state index in [-0.39, 0.29) is 49.5 Å². The third-order valence-corrected chi connectivity index (χ3v) is 10.1. The van der Waals surface area contributed by atoms with Crippen LogP contribution in [0.4, 0.5) is 42.0 Å². The number of anilines is 2. The van der Waals surface area contributed by atoms with E-state index in [4.69, 9.17) is 10.5 Å². The number of halogens is 6. The van der Waals surface area contributed by atoms with E-state index in [2.05, 4.69) is 20.2 Å². The molecule has 3 aliphatic heterocycles. The predicted octanol–water partition coefficient (Wildman–Crippen LogP) is 7.27. The highest BCUT2D eigenvalue weighted by Crippen LogP contribution is 2.47. The van der Waals surface area contributed by atoms with Gasteiger partial charge < -0.3 is 25.6 Å². The van der Waals surface area contributed by atoms with Gasteiger partial charge in [-0.25, -0.2) is 18.0 Å². The third kappa shape index (κ3) is 7.71. The first kappa shape index (κ1) is 37.7. The molecule has 17 heteroatoms. The monoisotopic (exact) mass is 736 g/mol. The Balaban J connectivity index is 0.000000213. The molecule has 2 amide bonds. The lowest BCUT2D eigenvalue weighted by molar-refractivity contribution is -0.137. The number of nitriles is 1. The van der Waals surface area contributed by atoms with Crippen LogP contribution in [0.15, 0.2) is 18.2 Å². The standard InChI is InChI=1S/C20H12F5N5OS.C7H12FN.C7H14N2O/c1-28-18-8-5-10(20(23,24)25)13(14(22)15(8)29-19(30-18)31-2)7-3-4-11(21)16-12(7)9(6-26)17(27)32-16;8-6-4-7-2-1-3-9(7)5-6;1-8(2)7(10)9-5-3-4-6-9/h3-5H,27H2,1-2H3,(H,28,29,30);6-7H,1-5H2;3-6H2,1-2H3. The van der Waals surface area contributed by atoms with E-state index < -0.39 is 40.6 Å². The summed E-state index contributed by atoms with van der Waals surface area (Å²) in [6.45, 7) is 3.74. The number of alkyl halides is 4. The summed E-state index contributed by atoms with van der Waals surface area (Å²) in [6.07, 6.45) is 0.150. The Morgan fingerprint density at radius 2 is 1.86 bits per heavy atom. The number of nitrogen functional groups attached to an aromatic ring is 1. The minimum Gasteiger partial charge on any atom is -0.467 e. The van der Waals surface area contributed by atoms with Gasteiger partial charge in [-0.1, -0.05) is 6.07 Å². The molecule has 5 heterocycles. The van der Waals surface area contributed by atoms with Crippen molar-refractivity contribution in [1.82, 2.24) is 24.7 Å². The van der Waals surface area contributed by atoms with Gasteiger partial charge in [-0.15, -0.1) is 11.3 Å². The number of fused-ring (bicyclic) bond motifs is 3. The van der Waals surface area contributed by atoms with Gasteiger partial charge in [-0.2, -0.15) is 28.4 Å². The molecule has 4 aromatic rings. The Bertz CT molecular complexity index is 1950. The minimum atomic E-state index is -5.00. The van der Waals surface area contributed by atoms with Crippen molar-refractivity contribution in [1.29, 1.82) is 5.26 Å². The molecule has 3 fully saturated rings. The highest BCUT2D eigenvalue weighted by molar-refractivity contribution is 7.23. The Morgan fingerprint density at radius 1 is 1.16 bits per heavy atom. The van der Waals surface area contributed by atoms with Crippen molar-refractivity contribution in [3.8, 4) is 23.2 Å². The van der Waals surface area contributed by atoms with Crippen LogP contribution in [0.3, 0.4) is 0 Å². The molecular weight excluding hydrogens is 698 g/mol. The van der Waals surface area contributed by atoms with E-state index in [1.54, 1.807) is 25.1 Å². The molecule has 0 bridgehead atoms. The summed E-state index contributed by atoms with van der Waals surface area (Å²) in [6, 6.07) is 4.85. The van der Waals surface area contributed by atoms with Crippen LogP contribution in [-0.4, -0.2) is 97.3 Å². The highest BCUT2D eigenvalue weighted by atomic mass is 32.1. The molecule has 0 radical (unpaired) electrons. The summed E-state index contributed by atoms with van der Waals surface area (Å²) in [5, 5.41) is 11.5. The Labute approximate surface area is 294 Å². The number of hydrogen-bond donors (Lipinski definition) is 2. The van der Waals surface area contributed by atoms with Gasteiger partial charge in [0.2, 0.25) is 0 Å². The van der Waals surface area contributed by atoms with E-state index >= 15 is 4.39 Å². The highest BCUT2D eigenvalue weighted by Gasteiger charge is 2.38. The van der Waals surface area contributed by atoms with Gasteiger partial charge in [-0.3, -0.25) is 4.90 Å². The number of likely N-dealkylation sites (tertiary alicyclic amines) is 1. The Morgan fingerprint density at radius 3 is 2.45 bits per heavy atom. The molecular formula is C34H38F6N8O2S. The zero-order chi connectivity index (χ0) is 37.2. The first-order valence-corrected chi connectivity index (χ1v) is 17.1. The maximum absolute atomic E-state index is 15.8. The van der Waals surface area contributed by atoms with Crippen LogP contribution in [0.1, 0.15) is 43.2 Å². The number of rotatable bonds is 3. The Kier molecular flexibility index (Phi) is 11.3. The van der Waals surface area contributed by atoms with Crippen molar-refractivity contribution in [3.63, 3.8) is 0 Å². The lowest BCUT2D eigenvalue weighted by Gasteiger charge is -2.20. The second-order valence-corrected chi connectivity index (χ2v) is 13.6. The molecule has 2 aromatic carbocycles. The maximum Gasteiger partial charge on any atom is 0.417 e.